The van der Waals surface area contributed by atoms with Gasteiger partial charge in [0, 0.05) is 52.1 Å². The highest BCUT2D eigenvalue weighted by Gasteiger charge is 2.39. The predicted octanol–water partition coefficient (Wildman–Crippen LogP) is 1.61. The maximum Gasteiger partial charge on any atom is 0.256 e. The normalized spacial score (nSPS) is 22.7. The molecule has 39 heavy (non-hydrogen) atoms. The van der Waals surface area contributed by atoms with Gasteiger partial charge < -0.3 is 34.1 Å². The monoisotopic (exact) mass is 538 g/mol. The molecule has 1 N–H and O–H groups in total. The van der Waals surface area contributed by atoms with Gasteiger partial charge in [0.2, 0.25) is 11.8 Å². The van der Waals surface area contributed by atoms with E-state index in [9.17, 15) is 14.4 Å². The maximum absolute atomic E-state index is 13.4. The van der Waals surface area contributed by atoms with Crippen LogP contribution in [0.25, 0.3) is 0 Å². The summed E-state index contributed by atoms with van der Waals surface area (Å²) in [5.41, 5.74) is 1.18. The third-order valence-electron chi connectivity index (χ3n) is 7.24. The van der Waals surface area contributed by atoms with E-state index in [1.54, 1.807) is 11.0 Å². The second-order valence-corrected chi connectivity index (χ2v) is 10.0. The van der Waals surface area contributed by atoms with Crippen LogP contribution >= 0.6 is 0 Å². The Morgan fingerprint density at radius 2 is 1.97 bits per heavy atom. The van der Waals surface area contributed by atoms with Gasteiger partial charge in [0.15, 0.2) is 0 Å². The second-order valence-electron chi connectivity index (χ2n) is 10.0. The Morgan fingerprint density at radius 3 is 2.79 bits per heavy atom. The van der Waals surface area contributed by atoms with E-state index >= 15 is 0 Å². The molecular weight excluding hydrogens is 504 g/mol. The fourth-order valence-corrected chi connectivity index (χ4v) is 5.16. The Balaban J connectivity index is 1.41. The molecule has 0 unspecified atom stereocenters. The molecule has 0 saturated carbocycles. The molecule has 5 rings (SSSR count). The Kier molecular flexibility index (Phi) is 8.70. The van der Waals surface area contributed by atoms with Crippen LogP contribution < -0.4 is 10.1 Å². The Bertz CT molecular complexity index is 1190. The van der Waals surface area contributed by atoms with E-state index in [4.69, 9.17) is 18.9 Å². The molecule has 2 atom stereocenters. The number of aromatic nitrogens is 1. The predicted molar refractivity (Wildman–Crippen MR) is 139 cm³/mol. The highest BCUT2D eigenvalue weighted by atomic mass is 16.5. The van der Waals surface area contributed by atoms with E-state index in [0.29, 0.717) is 56.2 Å². The highest BCUT2D eigenvalue weighted by Crippen LogP contribution is 2.26. The number of pyridine rings is 1. The zero-order valence-electron chi connectivity index (χ0n) is 22.0. The van der Waals surface area contributed by atoms with Crippen molar-refractivity contribution < 1.29 is 33.3 Å². The molecule has 3 amide bonds. The van der Waals surface area contributed by atoms with Gasteiger partial charge in [-0.15, -0.1) is 0 Å². The summed E-state index contributed by atoms with van der Waals surface area (Å²) in [5, 5.41) is 3.03. The lowest BCUT2D eigenvalue weighted by Gasteiger charge is -2.26. The van der Waals surface area contributed by atoms with Crippen molar-refractivity contribution in [2.24, 2.45) is 5.92 Å². The van der Waals surface area contributed by atoms with Crippen molar-refractivity contribution in [3.8, 4) is 11.5 Å². The average molecular weight is 539 g/mol. The summed E-state index contributed by atoms with van der Waals surface area (Å²) in [5.74, 6) is 0.256. The standard InChI is InChI=1S/C28H34N4O7/c1-36-10-7-31-17-26(33)30-24-15-32(27(34)20-5-8-37-9-6-20)16-25(24)38-18-19-3-2-4-22(11-19)39-23-12-21(28(31)35)13-29-14-23/h2-4,11-14,20,24-25H,5-10,15-18H2,1H3,(H,30,33)/t24-,25-/m0/s1. The zero-order chi connectivity index (χ0) is 27.2. The molecule has 1 aromatic carbocycles. The topological polar surface area (TPSA) is 120 Å². The smallest absolute Gasteiger partial charge is 0.256 e. The maximum atomic E-state index is 13.4. The van der Waals surface area contributed by atoms with Crippen molar-refractivity contribution in [2.75, 3.05) is 53.1 Å². The summed E-state index contributed by atoms with van der Waals surface area (Å²) in [6.45, 7) is 2.45. The number of hydrogen-bond donors (Lipinski definition) is 1. The summed E-state index contributed by atoms with van der Waals surface area (Å²) >= 11 is 0. The summed E-state index contributed by atoms with van der Waals surface area (Å²) in [4.78, 5) is 47.2. The van der Waals surface area contributed by atoms with E-state index in [0.717, 1.165) is 5.56 Å². The minimum absolute atomic E-state index is 0.0635. The zero-order valence-corrected chi connectivity index (χ0v) is 22.0. The van der Waals surface area contributed by atoms with Crippen LogP contribution in [0.15, 0.2) is 42.7 Å². The molecule has 4 bridgehead atoms. The van der Waals surface area contributed by atoms with Crippen molar-refractivity contribution in [1.82, 2.24) is 20.1 Å². The molecule has 3 aliphatic rings. The first kappa shape index (κ1) is 27.0. The molecule has 3 aliphatic heterocycles. The highest BCUT2D eigenvalue weighted by molar-refractivity contribution is 5.96. The number of carbonyl (C=O) groups is 3. The number of fused-ring (bicyclic) bond motifs is 5. The van der Waals surface area contributed by atoms with Gasteiger partial charge in [-0.1, -0.05) is 12.1 Å². The van der Waals surface area contributed by atoms with E-state index < -0.39 is 12.1 Å². The molecule has 11 heteroatoms. The molecule has 2 saturated heterocycles. The lowest BCUT2D eigenvalue weighted by molar-refractivity contribution is -0.138. The van der Waals surface area contributed by atoms with Crippen LogP contribution in [0.1, 0.15) is 28.8 Å². The Hall–Kier alpha value is -3.54. The number of amides is 3. The molecule has 0 spiro atoms. The van der Waals surface area contributed by atoms with Crippen molar-refractivity contribution in [3.63, 3.8) is 0 Å². The fraction of sp³-hybridized carbons (Fsp3) is 0.500. The van der Waals surface area contributed by atoms with Crippen LogP contribution in [0.2, 0.25) is 0 Å². The first-order chi connectivity index (χ1) is 19.0. The van der Waals surface area contributed by atoms with Crippen LogP contribution in [-0.4, -0.2) is 97.8 Å². The van der Waals surface area contributed by atoms with Crippen molar-refractivity contribution in [1.29, 1.82) is 0 Å². The third kappa shape index (κ3) is 6.73. The number of likely N-dealkylation sites (tertiary alicyclic amines) is 1. The molecule has 2 aromatic rings. The molecule has 0 radical (unpaired) electrons. The van der Waals surface area contributed by atoms with E-state index in [1.807, 2.05) is 24.3 Å². The van der Waals surface area contributed by atoms with Gasteiger partial charge in [-0.3, -0.25) is 19.4 Å². The number of methoxy groups -OCH3 is 1. The SMILES string of the molecule is COCCN1CC(=O)N[C@H]2CN(C(=O)C3CCOCC3)C[C@@H]2OCc2cccc(c2)Oc2cncc(c2)C1=O. The van der Waals surface area contributed by atoms with Crippen molar-refractivity contribution >= 4 is 17.7 Å². The number of rotatable bonds is 4. The number of nitrogens with zero attached hydrogens (tertiary/aromatic N) is 3. The van der Waals surface area contributed by atoms with Crippen molar-refractivity contribution in [3.05, 3.63) is 53.9 Å². The number of carbonyl (C=O) groups excluding carboxylic acids is 3. The van der Waals surface area contributed by atoms with E-state index in [2.05, 4.69) is 10.3 Å². The number of benzene rings is 1. The van der Waals surface area contributed by atoms with Crippen LogP contribution in [0.4, 0.5) is 0 Å². The van der Waals surface area contributed by atoms with Crippen LogP contribution in [-0.2, 0) is 30.4 Å². The lowest BCUT2D eigenvalue weighted by Crippen LogP contribution is -2.49. The molecular formula is C28H34N4O7. The Morgan fingerprint density at radius 1 is 1.13 bits per heavy atom. The quantitative estimate of drug-likeness (QED) is 0.624. The molecule has 0 aliphatic carbocycles. The number of ether oxygens (including phenoxy) is 4. The van der Waals surface area contributed by atoms with Crippen molar-refractivity contribution in [2.45, 2.75) is 31.6 Å². The van der Waals surface area contributed by atoms with Crippen LogP contribution in [0, 0.1) is 5.92 Å². The largest absolute Gasteiger partial charge is 0.456 e. The fourth-order valence-electron chi connectivity index (χ4n) is 5.16. The summed E-state index contributed by atoms with van der Waals surface area (Å²) in [6.07, 6.45) is 3.96. The minimum atomic E-state index is -0.419. The first-order valence-electron chi connectivity index (χ1n) is 13.3. The molecule has 1 aromatic heterocycles. The number of nitrogens with one attached hydrogen (secondary N) is 1. The second kappa shape index (κ2) is 12.5. The van der Waals surface area contributed by atoms with Gasteiger partial charge in [-0.2, -0.15) is 0 Å². The lowest BCUT2D eigenvalue weighted by atomic mass is 9.99. The van der Waals surface area contributed by atoms with Gasteiger partial charge in [0.1, 0.15) is 11.5 Å². The summed E-state index contributed by atoms with van der Waals surface area (Å²) in [6, 6.07) is 8.65. The average Bonchev–Trinajstić information content (AvgIpc) is 3.36. The van der Waals surface area contributed by atoms with Gasteiger partial charge in [-0.05, 0) is 36.6 Å². The molecule has 4 heterocycles. The van der Waals surface area contributed by atoms with Gasteiger partial charge in [-0.25, -0.2) is 0 Å². The summed E-state index contributed by atoms with van der Waals surface area (Å²) in [7, 11) is 1.54. The minimum Gasteiger partial charge on any atom is -0.456 e. The van der Waals surface area contributed by atoms with Gasteiger partial charge in [0.05, 0.1) is 43.7 Å². The van der Waals surface area contributed by atoms with Crippen LogP contribution in [0.3, 0.4) is 0 Å². The first-order valence-corrected chi connectivity index (χ1v) is 13.3. The van der Waals surface area contributed by atoms with Crippen LogP contribution in [0.5, 0.6) is 11.5 Å². The molecule has 11 nitrogen and oxygen atoms in total. The Labute approximate surface area is 227 Å². The van der Waals surface area contributed by atoms with E-state index in [-0.39, 0.29) is 49.9 Å². The third-order valence-corrected chi connectivity index (χ3v) is 7.24. The molecule has 208 valence electrons. The molecule has 2 fully saturated rings. The summed E-state index contributed by atoms with van der Waals surface area (Å²) < 4.78 is 22.9. The van der Waals surface area contributed by atoms with Gasteiger partial charge in [0.25, 0.3) is 5.91 Å². The van der Waals surface area contributed by atoms with E-state index in [1.165, 1.54) is 24.4 Å². The van der Waals surface area contributed by atoms with Gasteiger partial charge >= 0.3 is 0 Å². The number of hydrogen-bond acceptors (Lipinski definition) is 8.